The zero-order valence-electron chi connectivity index (χ0n) is 13.5. The predicted octanol–water partition coefficient (Wildman–Crippen LogP) is 3.58. The number of amides is 1. The Balaban J connectivity index is 1.63. The van der Waals surface area contributed by atoms with E-state index in [0.717, 1.165) is 41.5 Å². The van der Waals surface area contributed by atoms with E-state index in [1.54, 1.807) is 18.1 Å². The summed E-state index contributed by atoms with van der Waals surface area (Å²) in [5.41, 5.74) is 1.43. The van der Waals surface area contributed by atoms with Gasteiger partial charge < -0.3 is 5.32 Å². The Morgan fingerprint density at radius 3 is 3.00 bits per heavy atom. The summed E-state index contributed by atoms with van der Waals surface area (Å²) in [7, 11) is 0. The van der Waals surface area contributed by atoms with E-state index < -0.39 is 0 Å². The monoisotopic (exact) mass is 347 g/mol. The second-order valence-corrected chi connectivity index (χ2v) is 9.17. The topological polar surface area (TPSA) is 54.9 Å². The first kappa shape index (κ1) is 15.4. The quantitative estimate of drug-likeness (QED) is 0.678. The van der Waals surface area contributed by atoms with Gasteiger partial charge in [-0.15, -0.1) is 11.3 Å². The van der Waals surface area contributed by atoms with Crippen molar-refractivity contribution in [3.63, 3.8) is 0 Å². The fourth-order valence-corrected chi connectivity index (χ4v) is 5.47. The number of fused-ring (bicyclic) bond motifs is 3. The highest BCUT2D eigenvalue weighted by atomic mass is 32.2. The van der Waals surface area contributed by atoms with Crippen molar-refractivity contribution in [1.82, 2.24) is 15.3 Å². The average molecular weight is 348 g/mol. The number of nitrogens with zero attached hydrogens (tertiary/aromatic N) is 2. The van der Waals surface area contributed by atoms with E-state index in [9.17, 15) is 4.79 Å². The Hall–Kier alpha value is -1.14. The largest absolute Gasteiger partial charge is 0.352 e. The van der Waals surface area contributed by atoms with E-state index in [2.05, 4.69) is 22.2 Å². The molecule has 2 aromatic heterocycles. The molecular formula is C17H21N3OS2. The van der Waals surface area contributed by atoms with Crippen molar-refractivity contribution in [2.24, 2.45) is 5.92 Å². The van der Waals surface area contributed by atoms with Crippen molar-refractivity contribution < 1.29 is 4.79 Å². The molecule has 0 bridgehead atoms. The molecule has 1 fully saturated rings. The van der Waals surface area contributed by atoms with Crippen LogP contribution >= 0.6 is 23.1 Å². The number of aryl methyl sites for hydroxylation is 1. The van der Waals surface area contributed by atoms with Crippen LogP contribution in [0.5, 0.6) is 0 Å². The molecule has 1 saturated carbocycles. The van der Waals surface area contributed by atoms with Crippen LogP contribution in [0, 0.1) is 5.92 Å². The lowest BCUT2D eigenvalue weighted by Gasteiger charge is -2.18. The van der Waals surface area contributed by atoms with Crippen LogP contribution in [-0.4, -0.2) is 27.2 Å². The van der Waals surface area contributed by atoms with Gasteiger partial charge in [-0.25, -0.2) is 9.97 Å². The molecule has 1 N–H and O–H groups in total. The first-order valence-electron chi connectivity index (χ1n) is 8.34. The number of rotatable bonds is 4. The van der Waals surface area contributed by atoms with Crippen molar-refractivity contribution in [3.05, 3.63) is 16.8 Å². The van der Waals surface area contributed by atoms with Gasteiger partial charge in [-0.3, -0.25) is 4.79 Å². The summed E-state index contributed by atoms with van der Waals surface area (Å²) in [5.74, 6) is 0.879. The van der Waals surface area contributed by atoms with Crippen LogP contribution in [-0.2, 0) is 17.6 Å². The smallest absolute Gasteiger partial charge is 0.233 e. The first-order valence-corrected chi connectivity index (χ1v) is 10.0. The van der Waals surface area contributed by atoms with Crippen LogP contribution < -0.4 is 5.32 Å². The molecular weight excluding hydrogens is 326 g/mol. The van der Waals surface area contributed by atoms with Gasteiger partial charge in [-0.2, -0.15) is 0 Å². The summed E-state index contributed by atoms with van der Waals surface area (Å²) in [6.45, 7) is 4.29. The highest BCUT2D eigenvalue weighted by Crippen LogP contribution is 2.41. The van der Waals surface area contributed by atoms with Crippen molar-refractivity contribution in [2.45, 2.75) is 62.3 Å². The lowest BCUT2D eigenvalue weighted by molar-refractivity contribution is -0.120. The zero-order chi connectivity index (χ0) is 16.0. The lowest BCUT2D eigenvalue weighted by Crippen LogP contribution is -2.32. The summed E-state index contributed by atoms with van der Waals surface area (Å²) in [4.78, 5) is 23.8. The molecule has 2 aromatic rings. The van der Waals surface area contributed by atoms with E-state index in [-0.39, 0.29) is 11.2 Å². The van der Waals surface area contributed by atoms with Gasteiger partial charge in [0.1, 0.15) is 16.2 Å². The van der Waals surface area contributed by atoms with Gasteiger partial charge in [0.15, 0.2) is 0 Å². The maximum absolute atomic E-state index is 12.2. The van der Waals surface area contributed by atoms with Crippen molar-refractivity contribution in [2.75, 3.05) is 0 Å². The van der Waals surface area contributed by atoms with Crippen molar-refractivity contribution >= 4 is 39.2 Å². The van der Waals surface area contributed by atoms with Gasteiger partial charge in [-0.05, 0) is 50.5 Å². The number of hydrogen-bond donors (Lipinski definition) is 1. The molecule has 0 aromatic carbocycles. The van der Waals surface area contributed by atoms with E-state index in [1.165, 1.54) is 22.2 Å². The van der Waals surface area contributed by atoms with Crippen LogP contribution in [0.3, 0.4) is 0 Å². The van der Waals surface area contributed by atoms with Gasteiger partial charge in [0.05, 0.1) is 5.25 Å². The number of carbonyl (C=O) groups is 1. The van der Waals surface area contributed by atoms with Crippen molar-refractivity contribution in [1.29, 1.82) is 0 Å². The van der Waals surface area contributed by atoms with Crippen molar-refractivity contribution in [3.8, 4) is 0 Å². The maximum Gasteiger partial charge on any atom is 0.233 e. The van der Waals surface area contributed by atoms with Gasteiger partial charge in [-0.1, -0.05) is 18.7 Å². The summed E-state index contributed by atoms with van der Waals surface area (Å²) in [6, 6.07) is 0.409. The summed E-state index contributed by atoms with van der Waals surface area (Å²) >= 11 is 3.38. The molecule has 1 amide bonds. The molecule has 0 aliphatic heterocycles. The van der Waals surface area contributed by atoms with Gasteiger partial charge in [0, 0.05) is 16.3 Å². The standard InChI is InChI=1S/C17H21N3OS2/c1-9-3-6-12-13(7-9)23-17-14(12)16(18-8-19-17)22-10(2)15(21)20-11-4-5-11/h8-11H,3-7H2,1-2H3,(H,20,21)/t9-,10+/m0/s1. The van der Waals surface area contributed by atoms with Gasteiger partial charge >= 0.3 is 0 Å². The first-order chi connectivity index (χ1) is 11.1. The number of nitrogens with one attached hydrogen (secondary N) is 1. The van der Waals surface area contributed by atoms with Crippen LogP contribution in [0.15, 0.2) is 11.4 Å². The minimum Gasteiger partial charge on any atom is -0.352 e. The summed E-state index contributed by atoms with van der Waals surface area (Å²) in [5, 5.41) is 5.14. The molecule has 122 valence electrons. The fraction of sp³-hybridized carbons (Fsp3) is 0.588. The molecule has 2 heterocycles. The second kappa shape index (κ2) is 6.06. The zero-order valence-corrected chi connectivity index (χ0v) is 15.1. The Morgan fingerprint density at radius 2 is 2.22 bits per heavy atom. The molecule has 2 aliphatic rings. The van der Waals surface area contributed by atoms with E-state index in [4.69, 9.17) is 0 Å². The van der Waals surface area contributed by atoms with Gasteiger partial charge in [0.2, 0.25) is 5.91 Å². The summed E-state index contributed by atoms with van der Waals surface area (Å²) in [6.07, 6.45) is 7.38. The third-order valence-corrected chi connectivity index (χ3v) is 6.90. The highest BCUT2D eigenvalue weighted by Gasteiger charge is 2.28. The Kier molecular flexibility index (Phi) is 4.05. The molecule has 4 nitrogen and oxygen atoms in total. The molecule has 2 aliphatic carbocycles. The Morgan fingerprint density at radius 1 is 1.39 bits per heavy atom. The molecule has 23 heavy (non-hydrogen) atoms. The molecule has 4 rings (SSSR count). The Labute approximate surface area is 144 Å². The third kappa shape index (κ3) is 3.11. The molecule has 0 saturated heterocycles. The van der Waals surface area contributed by atoms with Crippen LogP contribution in [0.25, 0.3) is 10.2 Å². The highest BCUT2D eigenvalue weighted by molar-refractivity contribution is 8.00. The number of hydrogen-bond acceptors (Lipinski definition) is 5. The minimum atomic E-state index is -0.119. The van der Waals surface area contributed by atoms with E-state index in [1.807, 2.05) is 18.3 Å². The number of thioether (sulfide) groups is 1. The molecule has 0 radical (unpaired) electrons. The third-order valence-electron chi connectivity index (χ3n) is 4.64. The average Bonchev–Trinajstić information content (AvgIpc) is 3.25. The molecule has 0 unspecified atom stereocenters. The van der Waals surface area contributed by atoms with Crippen LogP contribution in [0.2, 0.25) is 0 Å². The Bertz CT molecular complexity index is 754. The van der Waals surface area contributed by atoms with Crippen LogP contribution in [0.1, 0.15) is 43.6 Å². The fourth-order valence-electron chi connectivity index (χ4n) is 3.10. The lowest BCUT2D eigenvalue weighted by atomic mass is 9.89. The van der Waals surface area contributed by atoms with Gasteiger partial charge in [0.25, 0.3) is 0 Å². The number of carbonyl (C=O) groups excluding carboxylic acids is 1. The molecule has 6 heteroatoms. The normalized spacial score (nSPS) is 21.9. The van der Waals surface area contributed by atoms with Crippen LogP contribution in [0.4, 0.5) is 0 Å². The minimum absolute atomic E-state index is 0.119. The summed E-state index contributed by atoms with van der Waals surface area (Å²) < 4.78 is 0. The second-order valence-electron chi connectivity index (χ2n) is 6.75. The predicted molar refractivity (Wildman–Crippen MR) is 95.1 cm³/mol. The SMILES string of the molecule is C[C@H]1CCc2c(sc3ncnc(S[C@H](C)C(=O)NC4CC4)c23)C1. The molecule has 2 atom stereocenters. The number of aromatic nitrogens is 2. The molecule has 0 spiro atoms. The van der Waals surface area contributed by atoms with E-state index >= 15 is 0 Å². The van der Waals surface area contributed by atoms with E-state index in [0.29, 0.717) is 6.04 Å². The maximum atomic E-state index is 12.2. The number of thiophene rings is 1.